The second-order valence-electron chi connectivity index (χ2n) is 6.71. The number of aryl methyl sites for hydroxylation is 1. The number of fused-ring (bicyclic) bond motifs is 1. The lowest BCUT2D eigenvalue weighted by atomic mass is 10.1. The molecule has 2 aromatic rings. The van der Waals surface area contributed by atoms with Gasteiger partial charge in [-0.1, -0.05) is 30.3 Å². The van der Waals surface area contributed by atoms with Crippen molar-refractivity contribution in [1.29, 1.82) is 0 Å². The molecular weight excluding hydrogens is 346 g/mol. The summed E-state index contributed by atoms with van der Waals surface area (Å²) in [7, 11) is 1.74. The Bertz CT molecular complexity index is 896. The van der Waals surface area contributed by atoms with E-state index in [1.54, 1.807) is 18.9 Å². The third-order valence-corrected chi connectivity index (χ3v) is 4.95. The topological polar surface area (TPSA) is 92.5 Å². The first-order valence-corrected chi connectivity index (χ1v) is 8.78. The number of carbonyl (C=O) groups excluding carboxylic acids is 2. The molecule has 1 N–H and O–H groups in total. The highest BCUT2D eigenvalue weighted by atomic mass is 16.6. The lowest BCUT2D eigenvalue weighted by Crippen LogP contribution is -2.46. The second kappa shape index (κ2) is 7.57. The molecule has 2 amide bonds. The van der Waals surface area contributed by atoms with Crippen LogP contribution in [0.2, 0.25) is 0 Å². The minimum atomic E-state index is -0.741. The Kier molecular flexibility index (Phi) is 5.21. The highest BCUT2D eigenvalue weighted by molar-refractivity contribution is 5.97. The van der Waals surface area contributed by atoms with E-state index in [1.165, 1.54) is 29.8 Å². The van der Waals surface area contributed by atoms with E-state index in [0.29, 0.717) is 0 Å². The lowest BCUT2D eigenvalue weighted by Gasteiger charge is -2.28. The van der Waals surface area contributed by atoms with Crippen LogP contribution in [0.3, 0.4) is 0 Å². The summed E-state index contributed by atoms with van der Waals surface area (Å²) in [6.45, 7) is 1.62. The monoisotopic (exact) mass is 367 g/mol. The number of amides is 2. The lowest BCUT2D eigenvalue weighted by molar-refractivity contribution is -0.384. The molecule has 0 aliphatic heterocycles. The first-order chi connectivity index (χ1) is 12.9. The molecule has 140 valence electrons. The Morgan fingerprint density at radius 1 is 1.22 bits per heavy atom. The van der Waals surface area contributed by atoms with Crippen LogP contribution in [0.4, 0.5) is 5.69 Å². The first kappa shape index (κ1) is 18.6. The van der Waals surface area contributed by atoms with E-state index < -0.39 is 16.9 Å². The molecule has 2 atom stereocenters. The van der Waals surface area contributed by atoms with Crippen molar-refractivity contribution in [2.24, 2.45) is 0 Å². The molecule has 0 bridgehead atoms. The summed E-state index contributed by atoms with van der Waals surface area (Å²) in [6, 6.07) is 12.7. The van der Waals surface area contributed by atoms with E-state index in [1.807, 2.05) is 18.2 Å². The highest BCUT2D eigenvalue weighted by Crippen LogP contribution is 2.35. The number of rotatable bonds is 5. The van der Waals surface area contributed by atoms with Crippen LogP contribution >= 0.6 is 0 Å². The largest absolute Gasteiger partial charge is 0.341 e. The summed E-state index contributed by atoms with van der Waals surface area (Å²) in [6.07, 6.45) is 1.78. The SMILES string of the molecule is C[C@H](NC(=O)c1cccc([N+](=O)[O-])c1)C(=O)N(C)[C@H]1CCc2ccccc21. The van der Waals surface area contributed by atoms with Crippen molar-refractivity contribution >= 4 is 17.5 Å². The molecule has 0 unspecified atom stereocenters. The van der Waals surface area contributed by atoms with E-state index in [4.69, 9.17) is 0 Å². The maximum absolute atomic E-state index is 12.8. The van der Waals surface area contributed by atoms with Crippen LogP contribution in [-0.4, -0.2) is 34.7 Å². The third-order valence-electron chi connectivity index (χ3n) is 4.95. The van der Waals surface area contributed by atoms with E-state index >= 15 is 0 Å². The van der Waals surface area contributed by atoms with Crippen molar-refractivity contribution in [3.8, 4) is 0 Å². The van der Waals surface area contributed by atoms with E-state index in [0.717, 1.165) is 18.4 Å². The summed E-state index contributed by atoms with van der Waals surface area (Å²) in [5, 5.41) is 13.5. The van der Waals surface area contributed by atoms with Crippen molar-refractivity contribution in [2.75, 3.05) is 7.05 Å². The molecule has 0 saturated heterocycles. The Labute approximate surface area is 157 Å². The minimum absolute atomic E-state index is 0.00846. The molecule has 3 rings (SSSR count). The van der Waals surface area contributed by atoms with Gasteiger partial charge >= 0.3 is 0 Å². The van der Waals surface area contributed by atoms with Crippen LogP contribution in [0.15, 0.2) is 48.5 Å². The van der Waals surface area contributed by atoms with Crippen molar-refractivity contribution in [3.05, 3.63) is 75.3 Å². The second-order valence-corrected chi connectivity index (χ2v) is 6.71. The van der Waals surface area contributed by atoms with Gasteiger partial charge in [0.1, 0.15) is 6.04 Å². The number of nitro benzene ring substituents is 1. The first-order valence-electron chi connectivity index (χ1n) is 8.78. The van der Waals surface area contributed by atoms with Crippen molar-refractivity contribution in [3.63, 3.8) is 0 Å². The molecule has 0 heterocycles. The van der Waals surface area contributed by atoms with Crippen LogP contribution < -0.4 is 5.32 Å². The predicted octanol–water partition coefficient (Wildman–Crippen LogP) is 2.86. The zero-order chi connectivity index (χ0) is 19.6. The van der Waals surface area contributed by atoms with Gasteiger partial charge in [0.25, 0.3) is 11.6 Å². The zero-order valence-electron chi connectivity index (χ0n) is 15.2. The van der Waals surface area contributed by atoms with Crippen LogP contribution in [-0.2, 0) is 11.2 Å². The fourth-order valence-electron chi connectivity index (χ4n) is 3.50. The van der Waals surface area contributed by atoms with E-state index in [2.05, 4.69) is 11.4 Å². The van der Waals surface area contributed by atoms with Gasteiger partial charge in [-0.3, -0.25) is 19.7 Å². The molecule has 0 aromatic heterocycles. The molecule has 1 aliphatic rings. The summed E-state index contributed by atoms with van der Waals surface area (Å²) in [4.78, 5) is 37.1. The number of benzene rings is 2. The Morgan fingerprint density at radius 3 is 2.70 bits per heavy atom. The van der Waals surface area contributed by atoms with Gasteiger partial charge < -0.3 is 10.2 Å². The van der Waals surface area contributed by atoms with Crippen molar-refractivity contribution in [2.45, 2.75) is 31.8 Å². The summed E-state index contributed by atoms with van der Waals surface area (Å²) < 4.78 is 0. The maximum Gasteiger partial charge on any atom is 0.270 e. The smallest absolute Gasteiger partial charge is 0.270 e. The Balaban J connectivity index is 1.68. The summed E-state index contributed by atoms with van der Waals surface area (Å²) in [5.74, 6) is -0.713. The average molecular weight is 367 g/mol. The number of hydrogen-bond acceptors (Lipinski definition) is 4. The van der Waals surface area contributed by atoms with E-state index in [9.17, 15) is 19.7 Å². The highest BCUT2D eigenvalue weighted by Gasteiger charge is 2.31. The Hall–Kier alpha value is -3.22. The predicted molar refractivity (Wildman–Crippen MR) is 100 cm³/mol. The molecule has 2 aromatic carbocycles. The number of non-ortho nitro benzene ring substituents is 1. The molecule has 0 saturated carbocycles. The molecule has 0 spiro atoms. The molecule has 27 heavy (non-hydrogen) atoms. The van der Waals surface area contributed by atoms with Crippen LogP contribution in [0, 0.1) is 10.1 Å². The molecular formula is C20H21N3O4. The van der Waals surface area contributed by atoms with Gasteiger partial charge in [-0.25, -0.2) is 0 Å². The number of carbonyl (C=O) groups is 2. The summed E-state index contributed by atoms with van der Waals surface area (Å²) >= 11 is 0. The van der Waals surface area contributed by atoms with Gasteiger partial charge in [0.15, 0.2) is 0 Å². The summed E-state index contributed by atoms with van der Waals surface area (Å²) in [5.41, 5.74) is 2.38. The van der Waals surface area contributed by atoms with Crippen molar-refractivity contribution < 1.29 is 14.5 Å². The van der Waals surface area contributed by atoms with Crippen molar-refractivity contribution in [1.82, 2.24) is 10.2 Å². The van der Waals surface area contributed by atoms with Gasteiger partial charge in [-0.2, -0.15) is 0 Å². The zero-order valence-corrected chi connectivity index (χ0v) is 15.2. The molecule has 1 aliphatic carbocycles. The Morgan fingerprint density at radius 2 is 1.96 bits per heavy atom. The number of nitro groups is 1. The van der Waals surface area contributed by atoms with Gasteiger partial charge in [0, 0.05) is 24.7 Å². The van der Waals surface area contributed by atoms with Gasteiger partial charge in [-0.15, -0.1) is 0 Å². The van der Waals surface area contributed by atoms with Crippen LogP contribution in [0.5, 0.6) is 0 Å². The van der Waals surface area contributed by atoms with E-state index in [-0.39, 0.29) is 23.2 Å². The molecule has 0 fully saturated rings. The molecule has 7 nitrogen and oxygen atoms in total. The quantitative estimate of drug-likeness (QED) is 0.650. The minimum Gasteiger partial charge on any atom is -0.341 e. The van der Waals surface area contributed by atoms with Crippen LogP contribution in [0.1, 0.15) is 40.9 Å². The van der Waals surface area contributed by atoms with Gasteiger partial charge in [0.2, 0.25) is 5.91 Å². The maximum atomic E-state index is 12.8. The number of likely N-dealkylation sites (N-methyl/N-ethyl adjacent to an activating group) is 1. The number of nitrogens with zero attached hydrogens (tertiary/aromatic N) is 2. The fourth-order valence-corrected chi connectivity index (χ4v) is 3.50. The molecule has 7 heteroatoms. The normalized spacial score (nSPS) is 16.3. The standard InChI is InChI=1S/C20H21N3O4/c1-13(21-19(24)15-7-5-8-16(12-15)23(26)27)20(25)22(2)18-11-10-14-6-3-4-9-17(14)18/h3-9,12-13,18H,10-11H2,1-2H3,(H,21,24)/t13-,18-/m0/s1. The fraction of sp³-hybridized carbons (Fsp3) is 0.300. The number of hydrogen-bond donors (Lipinski definition) is 1. The average Bonchev–Trinajstić information content (AvgIpc) is 3.10. The van der Waals surface area contributed by atoms with Crippen LogP contribution in [0.25, 0.3) is 0 Å². The van der Waals surface area contributed by atoms with Gasteiger partial charge in [-0.05, 0) is 37.0 Å². The third kappa shape index (κ3) is 3.81. The number of nitrogens with one attached hydrogen (secondary N) is 1. The molecule has 0 radical (unpaired) electrons. The van der Waals surface area contributed by atoms with Gasteiger partial charge in [0.05, 0.1) is 11.0 Å².